The van der Waals surface area contributed by atoms with Gasteiger partial charge in [-0.05, 0) is 35.4 Å². The van der Waals surface area contributed by atoms with Crippen molar-refractivity contribution in [1.82, 2.24) is 4.57 Å². The van der Waals surface area contributed by atoms with E-state index < -0.39 is 0 Å². The zero-order chi connectivity index (χ0) is 15.1. The van der Waals surface area contributed by atoms with E-state index in [0.29, 0.717) is 5.17 Å². The summed E-state index contributed by atoms with van der Waals surface area (Å²) in [6.07, 6.45) is 2.14. The lowest BCUT2D eigenvalue weighted by atomic mass is 10.1. The lowest BCUT2D eigenvalue weighted by molar-refractivity contribution is 0.805. The van der Waals surface area contributed by atoms with Crippen LogP contribution in [0.1, 0.15) is 11.3 Å². The lowest BCUT2D eigenvalue weighted by Gasteiger charge is -2.06. The monoisotopic (exact) mass is 370 g/mol. The molecule has 0 saturated heterocycles. The lowest BCUT2D eigenvalue weighted by Crippen LogP contribution is -2.03. The quantitative estimate of drug-likeness (QED) is 0.530. The molecule has 0 amide bonds. The van der Waals surface area contributed by atoms with Crippen LogP contribution in [0.5, 0.6) is 0 Å². The normalized spacial score (nSPS) is 13.1. The highest BCUT2D eigenvalue weighted by molar-refractivity contribution is 9.10. The molecule has 1 aliphatic heterocycles. The van der Waals surface area contributed by atoms with E-state index in [1.54, 1.807) is 0 Å². The molecule has 0 unspecified atom stereocenters. The molecule has 0 spiro atoms. The smallest absolute Gasteiger partial charge is 0.153 e. The van der Waals surface area contributed by atoms with Crippen molar-refractivity contribution in [1.29, 1.82) is 0 Å². The Balaban J connectivity index is 1.85. The first-order valence-electron chi connectivity index (χ1n) is 6.99. The van der Waals surface area contributed by atoms with Gasteiger partial charge in [-0.15, -0.1) is 0 Å². The Labute approximate surface area is 142 Å². The topological polar surface area (TPSA) is 17.3 Å². The second-order valence-corrected chi connectivity index (χ2v) is 6.56. The van der Waals surface area contributed by atoms with Gasteiger partial charge in [0.15, 0.2) is 5.17 Å². The second-order valence-electron chi connectivity index (χ2n) is 5.28. The molecule has 0 saturated carbocycles. The van der Waals surface area contributed by atoms with Gasteiger partial charge in [0.25, 0.3) is 0 Å². The third-order valence-electron chi connectivity index (χ3n) is 3.82. The summed E-state index contributed by atoms with van der Waals surface area (Å²) in [6, 6.07) is 18.5. The zero-order valence-corrected chi connectivity index (χ0v) is 14.0. The van der Waals surface area contributed by atoms with Gasteiger partial charge in [-0.2, -0.15) is 0 Å². The van der Waals surface area contributed by atoms with Gasteiger partial charge in [0.2, 0.25) is 0 Å². The van der Waals surface area contributed by atoms with E-state index in [1.165, 1.54) is 5.56 Å². The predicted octanol–water partition coefficient (Wildman–Crippen LogP) is 5.60. The molecule has 2 aromatic carbocycles. The summed E-state index contributed by atoms with van der Waals surface area (Å²) < 4.78 is 3.21. The molecular weight excluding hydrogens is 360 g/mol. The molecule has 3 aromatic rings. The molecule has 1 aromatic heterocycles. The van der Waals surface area contributed by atoms with Gasteiger partial charge in [-0.1, -0.05) is 57.9 Å². The van der Waals surface area contributed by atoms with Crippen molar-refractivity contribution in [2.24, 2.45) is 4.99 Å². The van der Waals surface area contributed by atoms with Crippen LogP contribution in [0.3, 0.4) is 0 Å². The largest absolute Gasteiger partial charge is 0.340 e. The number of rotatable bonds is 1. The Hall–Kier alpha value is -1.84. The van der Waals surface area contributed by atoms with Gasteiger partial charge in [0, 0.05) is 22.8 Å². The molecule has 0 fully saturated rings. The number of aliphatic imine (C=N–C) groups is 1. The molecule has 0 aliphatic carbocycles. The minimum atomic E-state index is 0.531. The van der Waals surface area contributed by atoms with E-state index >= 15 is 0 Å². The van der Waals surface area contributed by atoms with Crippen LogP contribution in [0, 0.1) is 0 Å². The number of halogens is 2. The van der Waals surface area contributed by atoms with Crippen LogP contribution in [-0.2, 0) is 6.54 Å². The zero-order valence-electron chi connectivity index (χ0n) is 11.6. The summed E-state index contributed by atoms with van der Waals surface area (Å²) in [6.45, 7) is 0.761. The fraction of sp³-hybridized carbons (Fsp3) is 0.0556. The second kappa shape index (κ2) is 5.41. The van der Waals surface area contributed by atoms with Crippen molar-refractivity contribution in [2.45, 2.75) is 6.54 Å². The van der Waals surface area contributed by atoms with E-state index in [0.717, 1.165) is 33.5 Å². The summed E-state index contributed by atoms with van der Waals surface area (Å²) >= 11 is 9.96. The Bertz CT molecular complexity index is 881. The summed E-state index contributed by atoms with van der Waals surface area (Å²) in [5.74, 6) is 0. The Kier molecular flexibility index (Phi) is 3.40. The first-order chi connectivity index (χ1) is 10.7. The Morgan fingerprint density at radius 1 is 1.00 bits per heavy atom. The maximum Gasteiger partial charge on any atom is 0.153 e. The van der Waals surface area contributed by atoms with Crippen LogP contribution >= 0.6 is 27.5 Å². The summed E-state index contributed by atoms with van der Waals surface area (Å²) in [4.78, 5) is 4.57. The van der Waals surface area contributed by atoms with Gasteiger partial charge >= 0.3 is 0 Å². The maximum absolute atomic E-state index is 6.44. The average Bonchev–Trinajstić information content (AvgIpc) is 2.90. The molecule has 2 nitrogen and oxygen atoms in total. The number of hydrogen-bond acceptors (Lipinski definition) is 1. The highest BCUT2D eigenvalue weighted by Crippen LogP contribution is 2.32. The highest BCUT2D eigenvalue weighted by atomic mass is 79.9. The van der Waals surface area contributed by atoms with Crippen LogP contribution < -0.4 is 0 Å². The average molecular weight is 372 g/mol. The van der Waals surface area contributed by atoms with Crippen molar-refractivity contribution < 1.29 is 0 Å². The fourth-order valence-electron chi connectivity index (χ4n) is 2.74. The van der Waals surface area contributed by atoms with Gasteiger partial charge in [-0.25, -0.2) is 4.99 Å². The van der Waals surface area contributed by atoms with E-state index in [1.807, 2.05) is 30.3 Å². The molecular formula is C18H12BrClN2. The summed E-state index contributed by atoms with van der Waals surface area (Å²) in [5, 5.41) is 0.531. The standard InChI is InChI=1S/C18H12BrClN2/c19-15-6-7-16-14(8-15)11-22-10-13(9-17(22)18(20)21-16)12-4-2-1-3-5-12/h1-10H,11H2. The first-order valence-corrected chi connectivity index (χ1v) is 8.16. The van der Waals surface area contributed by atoms with Gasteiger partial charge in [0.1, 0.15) is 0 Å². The molecule has 108 valence electrons. The molecule has 0 radical (unpaired) electrons. The van der Waals surface area contributed by atoms with E-state index in [2.05, 4.69) is 56.0 Å². The highest BCUT2D eigenvalue weighted by Gasteiger charge is 2.17. The van der Waals surface area contributed by atoms with Crippen molar-refractivity contribution in [3.63, 3.8) is 0 Å². The van der Waals surface area contributed by atoms with Crippen molar-refractivity contribution in [2.75, 3.05) is 0 Å². The summed E-state index contributed by atoms with van der Waals surface area (Å²) in [5.41, 5.74) is 5.37. The SMILES string of the molecule is ClC1=Nc2ccc(Br)cc2Cn2cc(-c3ccccc3)cc21. The molecule has 4 heteroatoms. The minimum absolute atomic E-state index is 0.531. The number of hydrogen-bond donors (Lipinski definition) is 0. The predicted molar refractivity (Wildman–Crippen MR) is 95.2 cm³/mol. The number of nitrogens with zero attached hydrogens (tertiary/aromatic N) is 2. The molecule has 0 bridgehead atoms. The molecule has 22 heavy (non-hydrogen) atoms. The van der Waals surface area contributed by atoms with Crippen LogP contribution in [0.4, 0.5) is 5.69 Å². The number of aromatic nitrogens is 1. The minimum Gasteiger partial charge on any atom is -0.340 e. The van der Waals surface area contributed by atoms with Gasteiger partial charge in [0.05, 0.1) is 11.4 Å². The molecule has 0 atom stereocenters. The van der Waals surface area contributed by atoms with Gasteiger partial charge < -0.3 is 4.57 Å². The fourth-order valence-corrected chi connectivity index (χ4v) is 3.40. The van der Waals surface area contributed by atoms with Crippen LogP contribution in [0.15, 0.2) is 70.3 Å². The van der Waals surface area contributed by atoms with Crippen LogP contribution in [0.2, 0.25) is 0 Å². The molecule has 4 rings (SSSR count). The Morgan fingerprint density at radius 2 is 1.82 bits per heavy atom. The molecule has 0 N–H and O–H groups in total. The molecule has 2 heterocycles. The van der Waals surface area contributed by atoms with Crippen molar-refractivity contribution in [3.8, 4) is 11.1 Å². The molecule has 1 aliphatic rings. The van der Waals surface area contributed by atoms with Gasteiger partial charge in [-0.3, -0.25) is 0 Å². The summed E-state index contributed by atoms with van der Waals surface area (Å²) in [7, 11) is 0. The number of benzene rings is 2. The Morgan fingerprint density at radius 3 is 2.64 bits per heavy atom. The third kappa shape index (κ3) is 2.40. The van der Waals surface area contributed by atoms with E-state index in [4.69, 9.17) is 11.6 Å². The third-order valence-corrected chi connectivity index (χ3v) is 4.59. The van der Waals surface area contributed by atoms with E-state index in [9.17, 15) is 0 Å². The first kappa shape index (κ1) is 13.8. The number of fused-ring (bicyclic) bond motifs is 2. The van der Waals surface area contributed by atoms with Crippen LogP contribution in [-0.4, -0.2) is 9.74 Å². The van der Waals surface area contributed by atoms with E-state index in [-0.39, 0.29) is 0 Å². The maximum atomic E-state index is 6.44. The van der Waals surface area contributed by atoms with Crippen molar-refractivity contribution in [3.05, 3.63) is 76.5 Å². The van der Waals surface area contributed by atoms with Crippen molar-refractivity contribution >= 4 is 38.4 Å². The van der Waals surface area contributed by atoms with Crippen LogP contribution in [0.25, 0.3) is 11.1 Å².